The molecule has 5 heteroatoms. The number of carbonyl (C=O) groups excluding carboxylic acids is 1. The van der Waals surface area contributed by atoms with Crippen molar-refractivity contribution in [1.82, 2.24) is 4.90 Å². The standard InChI is InChI=1S/C12H19NO4/c1-3-9-17-11(16)13-8-4-6-12(13,2)7-5-10(14)15/h3H,1,4-9H2,2H3,(H,14,15)/t12-/m0/s1. The molecule has 1 atom stereocenters. The third-order valence-electron chi connectivity index (χ3n) is 3.17. The predicted octanol–water partition coefficient (Wildman–Crippen LogP) is 2.03. The fourth-order valence-corrected chi connectivity index (χ4v) is 2.18. The maximum Gasteiger partial charge on any atom is 0.410 e. The van der Waals surface area contributed by atoms with Crippen molar-refractivity contribution in [3.63, 3.8) is 0 Å². The van der Waals surface area contributed by atoms with Crippen molar-refractivity contribution in [2.45, 2.75) is 38.1 Å². The van der Waals surface area contributed by atoms with E-state index in [4.69, 9.17) is 9.84 Å². The van der Waals surface area contributed by atoms with Gasteiger partial charge in [0.15, 0.2) is 0 Å². The van der Waals surface area contributed by atoms with E-state index in [0.29, 0.717) is 13.0 Å². The van der Waals surface area contributed by atoms with E-state index in [-0.39, 0.29) is 19.1 Å². The highest BCUT2D eigenvalue weighted by Gasteiger charge is 2.40. The van der Waals surface area contributed by atoms with Crippen molar-refractivity contribution in [2.75, 3.05) is 13.2 Å². The van der Waals surface area contributed by atoms with Crippen LogP contribution in [0.15, 0.2) is 12.7 Å². The number of hydrogen-bond donors (Lipinski definition) is 1. The molecule has 1 heterocycles. The summed E-state index contributed by atoms with van der Waals surface area (Å²) in [7, 11) is 0. The molecule has 96 valence electrons. The Bertz CT molecular complexity index is 316. The smallest absolute Gasteiger partial charge is 0.410 e. The van der Waals surface area contributed by atoms with Gasteiger partial charge in [0.1, 0.15) is 6.61 Å². The van der Waals surface area contributed by atoms with E-state index >= 15 is 0 Å². The van der Waals surface area contributed by atoms with E-state index in [1.807, 2.05) is 6.92 Å². The first kappa shape index (κ1) is 13.5. The molecule has 1 aliphatic rings. The normalized spacial score (nSPS) is 23.5. The molecule has 5 nitrogen and oxygen atoms in total. The lowest BCUT2D eigenvalue weighted by Crippen LogP contribution is -2.45. The molecule has 0 unspecified atom stereocenters. The number of rotatable bonds is 5. The highest BCUT2D eigenvalue weighted by atomic mass is 16.6. The first-order chi connectivity index (χ1) is 7.99. The van der Waals surface area contributed by atoms with Crippen LogP contribution in [0.2, 0.25) is 0 Å². The zero-order valence-corrected chi connectivity index (χ0v) is 10.1. The van der Waals surface area contributed by atoms with Crippen LogP contribution in [-0.4, -0.2) is 40.8 Å². The first-order valence-electron chi connectivity index (χ1n) is 5.77. The van der Waals surface area contributed by atoms with Gasteiger partial charge in [-0.2, -0.15) is 0 Å². The van der Waals surface area contributed by atoms with Crippen molar-refractivity contribution in [3.05, 3.63) is 12.7 Å². The van der Waals surface area contributed by atoms with E-state index in [9.17, 15) is 9.59 Å². The van der Waals surface area contributed by atoms with Crippen LogP contribution in [0.1, 0.15) is 32.6 Å². The van der Waals surface area contributed by atoms with Crippen molar-refractivity contribution < 1.29 is 19.4 Å². The number of carboxylic acids is 1. The number of aliphatic carboxylic acids is 1. The Labute approximate surface area is 101 Å². The number of nitrogens with zero attached hydrogens (tertiary/aromatic N) is 1. The van der Waals surface area contributed by atoms with Gasteiger partial charge >= 0.3 is 12.1 Å². The molecule has 0 aromatic rings. The van der Waals surface area contributed by atoms with Gasteiger partial charge in [-0.3, -0.25) is 4.79 Å². The van der Waals surface area contributed by atoms with E-state index in [1.54, 1.807) is 4.90 Å². The van der Waals surface area contributed by atoms with Crippen LogP contribution in [0, 0.1) is 0 Å². The molecule has 0 aromatic carbocycles. The summed E-state index contributed by atoms with van der Waals surface area (Å²) in [6.45, 7) is 6.21. The summed E-state index contributed by atoms with van der Waals surface area (Å²) in [6, 6.07) is 0. The summed E-state index contributed by atoms with van der Waals surface area (Å²) in [5.74, 6) is -0.836. The minimum atomic E-state index is -0.836. The van der Waals surface area contributed by atoms with Gasteiger partial charge < -0.3 is 14.7 Å². The monoisotopic (exact) mass is 241 g/mol. The van der Waals surface area contributed by atoms with Crippen LogP contribution >= 0.6 is 0 Å². The second-order valence-corrected chi connectivity index (χ2v) is 4.51. The summed E-state index contributed by atoms with van der Waals surface area (Å²) in [4.78, 5) is 24.0. The first-order valence-corrected chi connectivity index (χ1v) is 5.77. The van der Waals surface area contributed by atoms with Gasteiger partial charge in [-0.05, 0) is 26.2 Å². The molecule has 1 amide bonds. The van der Waals surface area contributed by atoms with Crippen molar-refractivity contribution in [1.29, 1.82) is 0 Å². The van der Waals surface area contributed by atoms with Crippen LogP contribution in [0.4, 0.5) is 4.79 Å². The third kappa shape index (κ3) is 3.47. The Morgan fingerprint density at radius 3 is 2.88 bits per heavy atom. The lowest BCUT2D eigenvalue weighted by molar-refractivity contribution is -0.137. The summed E-state index contributed by atoms with van der Waals surface area (Å²) >= 11 is 0. The molecule has 0 spiro atoms. The zero-order valence-electron chi connectivity index (χ0n) is 10.1. The summed E-state index contributed by atoms with van der Waals surface area (Å²) in [6.07, 6.45) is 3.38. The lowest BCUT2D eigenvalue weighted by Gasteiger charge is -2.34. The molecular weight excluding hydrogens is 222 g/mol. The average molecular weight is 241 g/mol. The van der Waals surface area contributed by atoms with E-state index in [1.165, 1.54) is 6.08 Å². The van der Waals surface area contributed by atoms with Gasteiger partial charge in [-0.1, -0.05) is 12.7 Å². The van der Waals surface area contributed by atoms with Crippen LogP contribution in [0.5, 0.6) is 0 Å². The second kappa shape index (κ2) is 5.70. The van der Waals surface area contributed by atoms with Crippen LogP contribution < -0.4 is 0 Å². The summed E-state index contributed by atoms with van der Waals surface area (Å²) in [5, 5.41) is 8.71. The molecule has 17 heavy (non-hydrogen) atoms. The predicted molar refractivity (Wildman–Crippen MR) is 62.8 cm³/mol. The number of amides is 1. The largest absolute Gasteiger partial charge is 0.481 e. The second-order valence-electron chi connectivity index (χ2n) is 4.51. The van der Waals surface area contributed by atoms with Gasteiger partial charge in [-0.25, -0.2) is 4.79 Å². The Morgan fingerprint density at radius 2 is 2.29 bits per heavy atom. The average Bonchev–Trinajstić information content (AvgIpc) is 2.66. The topological polar surface area (TPSA) is 66.8 Å². The molecule has 1 saturated heterocycles. The fourth-order valence-electron chi connectivity index (χ4n) is 2.18. The minimum Gasteiger partial charge on any atom is -0.481 e. The molecule has 0 aromatic heterocycles. The van der Waals surface area contributed by atoms with Crippen LogP contribution in [0.25, 0.3) is 0 Å². The number of carboxylic acid groups (broad SMARTS) is 1. The highest BCUT2D eigenvalue weighted by Crippen LogP contribution is 2.33. The Kier molecular flexibility index (Phi) is 4.54. The maximum absolute atomic E-state index is 11.8. The maximum atomic E-state index is 11.8. The molecule has 0 bridgehead atoms. The number of ether oxygens (including phenoxy) is 1. The molecular formula is C12H19NO4. The van der Waals surface area contributed by atoms with Gasteiger partial charge in [0.05, 0.1) is 0 Å². The van der Waals surface area contributed by atoms with E-state index < -0.39 is 11.5 Å². The van der Waals surface area contributed by atoms with Gasteiger partial charge in [0.2, 0.25) is 0 Å². The Morgan fingerprint density at radius 1 is 1.59 bits per heavy atom. The van der Waals surface area contributed by atoms with Crippen LogP contribution in [-0.2, 0) is 9.53 Å². The van der Waals surface area contributed by atoms with E-state index in [0.717, 1.165) is 12.8 Å². The van der Waals surface area contributed by atoms with Gasteiger partial charge in [0, 0.05) is 18.5 Å². The third-order valence-corrected chi connectivity index (χ3v) is 3.17. The molecule has 0 saturated carbocycles. The zero-order chi connectivity index (χ0) is 12.9. The summed E-state index contributed by atoms with van der Waals surface area (Å²) < 4.78 is 5.00. The molecule has 0 radical (unpaired) electrons. The quantitative estimate of drug-likeness (QED) is 0.748. The molecule has 1 N–H and O–H groups in total. The SMILES string of the molecule is C=CCOC(=O)N1CCC[C@@]1(C)CCC(=O)O. The Balaban J connectivity index is 2.60. The van der Waals surface area contributed by atoms with Crippen molar-refractivity contribution in [3.8, 4) is 0 Å². The van der Waals surface area contributed by atoms with Crippen molar-refractivity contribution in [2.24, 2.45) is 0 Å². The van der Waals surface area contributed by atoms with Crippen LogP contribution in [0.3, 0.4) is 0 Å². The van der Waals surface area contributed by atoms with Crippen molar-refractivity contribution >= 4 is 12.1 Å². The minimum absolute atomic E-state index is 0.0712. The number of hydrogen-bond acceptors (Lipinski definition) is 3. The number of likely N-dealkylation sites (tertiary alicyclic amines) is 1. The van der Waals surface area contributed by atoms with Gasteiger partial charge in [0.25, 0.3) is 0 Å². The molecule has 1 fully saturated rings. The molecule has 1 aliphatic heterocycles. The lowest BCUT2D eigenvalue weighted by atomic mass is 9.93. The highest BCUT2D eigenvalue weighted by molar-refractivity contribution is 5.70. The molecule has 0 aliphatic carbocycles. The summed E-state index contributed by atoms with van der Waals surface area (Å²) in [5.41, 5.74) is -0.392. The fraction of sp³-hybridized carbons (Fsp3) is 0.667. The number of carbonyl (C=O) groups is 2. The van der Waals surface area contributed by atoms with Gasteiger partial charge in [-0.15, -0.1) is 0 Å². The Hall–Kier alpha value is -1.52. The van der Waals surface area contributed by atoms with E-state index in [2.05, 4.69) is 6.58 Å². The molecule has 1 rings (SSSR count).